The van der Waals surface area contributed by atoms with Crippen LogP contribution < -0.4 is 15.5 Å². The number of hydrogen-bond donors (Lipinski definition) is 1. The molecule has 1 amide bonds. The summed E-state index contributed by atoms with van der Waals surface area (Å²) in [4.78, 5) is 40.7. The second-order valence-corrected chi connectivity index (χ2v) is 8.84. The van der Waals surface area contributed by atoms with Gasteiger partial charge in [0.05, 0.1) is 18.3 Å². The van der Waals surface area contributed by atoms with Crippen molar-refractivity contribution >= 4 is 17.4 Å². The monoisotopic (exact) mass is 459 g/mol. The first-order chi connectivity index (χ1) is 16.5. The van der Waals surface area contributed by atoms with Gasteiger partial charge in [0, 0.05) is 80.7 Å². The number of aromatic nitrogens is 5. The lowest BCUT2D eigenvalue weighted by molar-refractivity contribution is -0.119. The minimum atomic E-state index is -0.276. The summed E-state index contributed by atoms with van der Waals surface area (Å²) in [5, 5.41) is 0. The summed E-state index contributed by atoms with van der Waals surface area (Å²) >= 11 is 0. The highest BCUT2D eigenvalue weighted by atomic mass is 16.1. The number of carbonyl (C=O) groups is 1. The van der Waals surface area contributed by atoms with Crippen LogP contribution in [0.2, 0.25) is 0 Å². The van der Waals surface area contributed by atoms with Gasteiger partial charge in [0.1, 0.15) is 5.82 Å². The minimum Gasteiger partial charge on any atom is -0.369 e. The molecule has 2 N–H and O–H groups in total. The lowest BCUT2D eigenvalue weighted by Gasteiger charge is -2.38. The third kappa shape index (κ3) is 4.54. The van der Waals surface area contributed by atoms with Gasteiger partial charge in [0.25, 0.3) is 0 Å². The molecule has 3 aromatic heterocycles. The molecule has 0 saturated carbocycles. The van der Waals surface area contributed by atoms with Crippen molar-refractivity contribution in [3.05, 3.63) is 53.7 Å². The number of hydrogen-bond acceptors (Lipinski definition) is 9. The van der Waals surface area contributed by atoms with Crippen LogP contribution in [0.25, 0.3) is 11.6 Å². The maximum Gasteiger partial charge on any atom is 0.231 e. The van der Waals surface area contributed by atoms with Crippen molar-refractivity contribution in [1.82, 2.24) is 29.8 Å². The van der Waals surface area contributed by atoms with E-state index in [1.165, 1.54) is 0 Å². The van der Waals surface area contributed by atoms with Gasteiger partial charge in [-0.15, -0.1) is 0 Å². The van der Waals surface area contributed by atoms with E-state index in [0.717, 1.165) is 67.6 Å². The van der Waals surface area contributed by atoms with Crippen molar-refractivity contribution in [1.29, 1.82) is 0 Å². The summed E-state index contributed by atoms with van der Waals surface area (Å²) in [6.45, 7) is 8.69. The standard InChI is InChI=1S/C24H29N9O/c1-16-12-18(32-10-8-31(9-11-32)15-21(25)34)13-22(29-16)33-7-4-20-19(17(33)2)14-28-24(30-20)23-26-5-3-6-27-23/h3,5-6,12-14,17H,4,7-11,15H2,1-2H3,(H2,25,34). The highest BCUT2D eigenvalue weighted by Crippen LogP contribution is 2.34. The Kier molecular flexibility index (Phi) is 6.06. The molecule has 0 spiro atoms. The lowest BCUT2D eigenvalue weighted by Crippen LogP contribution is -2.49. The first-order valence-corrected chi connectivity index (χ1v) is 11.6. The molecule has 2 aliphatic heterocycles. The number of primary amides is 1. The van der Waals surface area contributed by atoms with Crippen molar-refractivity contribution in [2.45, 2.75) is 26.3 Å². The zero-order chi connectivity index (χ0) is 23.7. The van der Waals surface area contributed by atoms with Gasteiger partial charge < -0.3 is 15.5 Å². The van der Waals surface area contributed by atoms with Crippen LogP contribution in [0.3, 0.4) is 0 Å². The van der Waals surface area contributed by atoms with Crippen LogP contribution in [0.15, 0.2) is 36.8 Å². The zero-order valence-electron chi connectivity index (χ0n) is 19.6. The highest BCUT2D eigenvalue weighted by Gasteiger charge is 2.28. The third-order valence-corrected chi connectivity index (χ3v) is 6.51. The Morgan fingerprint density at radius 2 is 1.79 bits per heavy atom. The number of pyridine rings is 1. The number of nitrogens with zero attached hydrogens (tertiary/aromatic N) is 8. The number of piperazine rings is 1. The molecule has 0 bridgehead atoms. The van der Waals surface area contributed by atoms with Gasteiger partial charge in [0.2, 0.25) is 5.91 Å². The van der Waals surface area contributed by atoms with Gasteiger partial charge in [-0.2, -0.15) is 0 Å². The van der Waals surface area contributed by atoms with E-state index in [-0.39, 0.29) is 11.9 Å². The van der Waals surface area contributed by atoms with Crippen molar-refractivity contribution in [3.63, 3.8) is 0 Å². The average molecular weight is 460 g/mol. The second kappa shape index (κ2) is 9.30. The van der Waals surface area contributed by atoms with Crippen molar-refractivity contribution < 1.29 is 4.79 Å². The molecule has 1 atom stereocenters. The number of fused-ring (bicyclic) bond motifs is 1. The summed E-state index contributed by atoms with van der Waals surface area (Å²) in [5.74, 6) is 1.79. The Bertz CT molecular complexity index is 1180. The van der Waals surface area contributed by atoms with Gasteiger partial charge >= 0.3 is 0 Å². The van der Waals surface area contributed by atoms with E-state index >= 15 is 0 Å². The van der Waals surface area contributed by atoms with E-state index in [0.29, 0.717) is 18.2 Å². The fourth-order valence-corrected chi connectivity index (χ4v) is 4.75. The van der Waals surface area contributed by atoms with E-state index in [1.54, 1.807) is 18.5 Å². The minimum absolute atomic E-state index is 0.101. The fourth-order valence-electron chi connectivity index (χ4n) is 4.75. The maximum absolute atomic E-state index is 11.2. The van der Waals surface area contributed by atoms with Crippen molar-refractivity contribution in [3.8, 4) is 11.6 Å². The Morgan fingerprint density at radius 1 is 1.03 bits per heavy atom. The molecule has 5 rings (SSSR count). The van der Waals surface area contributed by atoms with E-state index in [1.807, 2.05) is 13.1 Å². The number of carbonyl (C=O) groups excluding carboxylic acids is 1. The van der Waals surface area contributed by atoms with Crippen LogP contribution in [0, 0.1) is 6.92 Å². The topological polar surface area (TPSA) is 117 Å². The lowest BCUT2D eigenvalue weighted by atomic mass is 9.99. The molecule has 10 heteroatoms. The number of amides is 1. The molecule has 0 aromatic carbocycles. The molecule has 2 aliphatic rings. The molecule has 1 saturated heterocycles. The van der Waals surface area contributed by atoms with Gasteiger partial charge in [-0.05, 0) is 26.0 Å². The zero-order valence-corrected chi connectivity index (χ0v) is 19.6. The molecule has 5 heterocycles. The van der Waals surface area contributed by atoms with Crippen molar-refractivity contribution in [2.75, 3.05) is 49.1 Å². The molecule has 1 fully saturated rings. The van der Waals surface area contributed by atoms with Crippen LogP contribution in [-0.4, -0.2) is 75.0 Å². The largest absolute Gasteiger partial charge is 0.369 e. The van der Waals surface area contributed by atoms with E-state index in [4.69, 9.17) is 15.7 Å². The maximum atomic E-state index is 11.2. The summed E-state index contributed by atoms with van der Waals surface area (Å²) in [7, 11) is 0. The summed E-state index contributed by atoms with van der Waals surface area (Å²) in [6, 6.07) is 6.19. The fraction of sp³-hybridized carbons (Fsp3) is 0.417. The Morgan fingerprint density at radius 3 is 2.53 bits per heavy atom. The summed E-state index contributed by atoms with van der Waals surface area (Å²) < 4.78 is 0. The summed E-state index contributed by atoms with van der Waals surface area (Å²) in [5.41, 5.74) is 9.65. The number of anilines is 2. The normalized spacial score (nSPS) is 18.6. The quantitative estimate of drug-likeness (QED) is 0.603. The Balaban J connectivity index is 1.35. The molecule has 10 nitrogen and oxygen atoms in total. The number of nitrogens with two attached hydrogens (primary N) is 1. The Labute approximate surface area is 198 Å². The Hall–Kier alpha value is -3.66. The van der Waals surface area contributed by atoms with Gasteiger partial charge in [0.15, 0.2) is 11.6 Å². The van der Waals surface area contributed by atoms with Crippen LogP contribution in [0.1, 0.15) is 29.9 Å². The average Bonchev–Trinajstić information content (AvgIpc) is 2.84. The van der Waals surface area contributed by atoms with Gasteiger partial charge in [-0.3, -0.25) is 9.69 Å². The van der Waals surface area contributed by atoms with Crippen LogP contribution in [0.4, 0.5) is 11.5 Å². The number of aryl methyl sites for hydroxylation is 1. The van der Waals surface area contributed by atoms with Gasteiger partial charge in [-0.25, -0.2) is 24.9 Å². The second-order valence-electron chi connectivity index (χ2n) is 8.84. The molecule has 1 unspecified atom stereocenters. The first-order valence-electron chi connectivity index (χ1n) is 11.6. The highest BCUT2D eigenvalue weighted by molar-refractivity contribution is 5.76. The van der Waals surface area contributed by atoms with Crippen LogP contribution in [-0.2, 0) is 11.2 Å². The van der Waals surface area contributed by atoms with Gasteiger partial charge in [-0.1, -0.05) is 0 Å². The molecule has 0 radical (unpaired) electrons. The molecule has 34 heavy (non-hydrogen) atoms. The first kappa shape index (κ1) is 22.1. The molecular weight excluding hydrogens is 430 g/mol. The van der Waals surface area contributed by atoms with E-state index in [2.05, 4.69) is 48.7 Å². The third-order valence-electron chi connectivity index (χ3n) is 6.51. The predicted molar refractivity (Wildman–Crippen MR) is 129 cm³/mol. The molecule has 3 aromatic rings. The van der Waals surface area contributed by atoms with Crippen LogP contribution >= 0.6 is 0 Å². The van der Waals surface area contributed by atoms with E-state index in [9.17, 15) is 4.79 Å². The number of rotatable bonds is 5. The predicted octanol–water partition coefficient (Wildman–Crippen LogP) is 1.37. The van der Waals surface area contributed by atoms with Crippen molar-refractivity contribution in [2.24, 2.45) is 5.73 Å². The molecule has 0 aliphatic carbocycles. The van der Waals surface area contributed by atoms with E-state index < -0.39 is 0 Å². The SMILES string of the molecule is Cc1cc(N2CCN(CC(N)=O)CC2)cc(N2CCc3nc(-c4ncccn4)ncc3C2C)n1. The molecule has 176 valence electrons. The smallest absolute Gasteiger partial charge is 0.231 e. The summed E-state index contributed by atoms with van der Waals surface area (Å²) in [6.07, 6.45) is 6.11. The van der Waals surface area contributed by atoms with Crippen LogP contribution in [0.5, 0.6) is 0 Å². The molecular formula is C24H29N9O.